The molecule has 0 radical (unpaired) electrons. The van der Waals surface area contributed by atoms with E-state index in [9.17, 15) is 22.4 Å². The number of carbonyl (C=O) groups is 1. The Hall–Kier alpha value is -2.90. The summed E-state index contributed by atoms with van der Waals surface area (Å²) in [5.41, 5.74) is 1.40. The Morgan fingerprint density at radius 3 is 2.21 bits per heavy atom. The van der Waals surface area contributed by atoms with Gasteiger partial charge >= 0.3 is 6.18 Å². The van der Waals surface area contributed by atoms with E-state index in [0.717, 1.165) is 17.7 Å². The van der Waals surface area contributed by atoms with E-state index in [1.54, 1.807) is 6.07 Å². The molecule has 3 nitrogen and oxygen atoms in total. The van der Waals surface area contributed by atoms with Gasteiger partial charge in [0.25, 0.3) is 0 Å². The Morgan fingerprint density at radius 2 is 1.64 bits per heavy atom. The van der Waals surface area contributed by atoms with Crippen LogP contribution in [0.1, 0.15) is 40.8 Å². The smallest absolute Gasteiger partial charge is 0.358 e. The van der Waals surface area contributed by atoms with Gasteiger partial charge in [-0.2, -0.15) is 13.2 Å². The highest BCUT2D eigenvalue weighted by molar-refractivity contribution is 6.30. The first kappa shape index (κ1) is 24.7. The average molecular weight is 479 g/mol. The van der Waals surface area contributed by atoms with E-state index < -0.39 is 29.6 Å². The molecule has 2 atom stereocenters. The van der Waals surface area contributed by atoms with Crippen LogP contribution in [0.25, 0.3) is 0 Å². The largest absolute Gasteiger partial charge is 0.416 e. The maximum atomic E-state index is 13.7. The monoisotopic (exact) mass is 478 g/mol. The number of hydrogen-bond donors (Lipinski definition) is 2. The molecule has 0 fully saturated rings. The molecule has 2 N–H and O–H groups in total. The van der Waals surface area contributed by atoms with E-state index in [0.29, 0.717) is 24.0 Å². The second-order valence-electron chi connectivity index (χ2n) is 7.58. The summed E-state index contributed by atoms with van der Waals surface area (Å²) in [5.74, 6) is -0.818. The first-order valence-electron chi connectivity index (χ1n) is 10.3. The van der Waals surface area contributed by atoms with Gasteiger partial charge in [0.1, 0.15) is 11.9 Å². The van der Waals surface area contributed by atoms with Crippen molar-refractivity contribution in [3.8, 4) is 0 Å². The second kappa shape index (κ2) is 10.8. The lowest BCUT2D eigenvalue weighted by molar-refractivity contribution is -0.137. The number of aryl methyl sites for hydroxylation is 1. The van der Waals surface area contributed by atoms with Gasteiger partial charge in [-0.15, -0.1) is 0 Å². The van der Waals surface area contributed by atoms with Gasteiger partial charge in [0.15, 0.2) is 0 Å². The summed E-state index contributed by atoms with van der Waals surface area (Å²) in [6.45, 7) is 0. The Labute approximate surface area is 194 Å². The molecule has 0 bridgehead atoms. The van der Waals surface area contributed by atoms with Crippen LogP contribution in [-0.4, -0.2) is 13.0 Å². The SMILES string of the molecule is CNC(=O)[C@H](N[C@H](CCc1ccc(C(F)(F)F)cc1)c1ccc(F)c(Cl)c1)c1ccccc1. The molecular weight excluding hydrogens is 456 g/mol. The zero-order valence-electron chi connectivity index (χ0n) is 17.8. The summed E-state index contributed by atoms with van der Waals surface area (Å²) in [6, 6.07) is 17.3. The van der Waals surface area contributed by atoms with Crippen LogP contribution in [0.4, 0.5) is 17.6 Å². The highest BCUT2D eigenvalue weighted by atomic mass is 35.5. The van der Waals surface area contributed by atoms with Gasteiger partial charge in [0, 0.05) is 13.1 Å². The first-order valence-corrected chi connectivity index (χ1v) is 10.7. The average Bonchev–Trinajstić information content (AvgIpc) is 2.81. The number of likely N-dealkylation sites (N-methyl/N-ethyl adjacent to an activating group) is 1. The van der Waals surface area contributed by atoms with Crippen LogP contribution in [0.5, 0.6) is 0 Å². The van der Waals surface area contributed by atoms with Crippen molar-refractivity contribution in [3.05, 3.63) is 106 Å². The number of hydrogen-bond acceptors (Lipinski definition) is 2. The number of alkyl halides is 3. The van der Waals surface area contributed by atoms with Crippen molar-refractivity contribution in [1.29, 1.82) is 0 Å². The fourth-order valence-electron chi connectivity index (χ4n) is 3.56. The first-order chi connectivity index (χ1) is 15.7. The maximum Gasteiger partial charge on any atom is 0.416 e. The van der Waals surface area contributed by atoms with Gasteiger partial charge in [-0.3, -0.25) is 10.1 Å². The number of halogens is 5. The molecule has 0 aliphatic heterocycles. The van der Waals surface area contributed by atoms with Crippen molar-refractivity contribution in [2.75, 3.05) is 7.05 Å². The summed E-state index contributed by atoms with van der Waals surface area (Å²) in [4.78, 5) is 12.6. The number of carbonyl (C=O) groups excluding carboxylic acids is 1. The van der Waals surface area contributed by atoms with Gasteiger partial charge in [0.2, 0.25) is 5.91 Å². The number of nitrogens with one attached hydrogen (secondary N) is 2. The molecule has 1 amide bonds. The lowest BCUT2D eigenvalue weighted by atomic mass is 9.96. The Morgan fingerprint density at radius 1 is 0.970 bits per heavy atom. The van der Waals surface area contributed by atoms with Crippen molar-refractivity contribution < 1.29 is 22.4 Å². The van der Waals surface area contributed by atoms with E-state index in [2.05, 4.69) is 10.6 Å². The minimum atomic E-state index is -4.40. The van der Waals surface area contributed by atoms with Crippen LogP contribution < -0.4 is 10.6 Å². The maximum absolute atomic E-state index is 13.7. The Kier molecular flexibility index (Phi) is 8.10. The van der Waals surface area contributed by atoms with E-state index >= 15 is 0 Å². The number of benzene rings is 3. The summed E-state index contributed by atoms with van der Waals surface area (Å²) in [5, 5.41) is 5.91. The summed E-state index contributed by atoms with van der Waals surface area (Å²) in [6.07, 6.45) is -3.53. The molecule has 0 aliphatic rings. The summed E-state index contributed by atoms with van der Waals surface area (Å²) < 4.78 is 52.3. The van der Waals surface area contributed by atoms with Gasteiger partial charge in [-0.25, -0.2) is 4.39 Å². The van der Waals surface area contributed by atoms with Gasteiger partial charge < -0.3 is 5.32 Å². The standard InChI is InChI=1S/C25H23ClF4N2O/c1-31-24(33)23(17-5-3-2-4-6-17)32-22(18-10-13-21(27)20(26)15-18)14-9-16-7-11-19(12-8-16)25(28,29)30/h2-8,10-13,15,22-23,32H,9,14H2,1H3,(H,31,33)/t22-,23-/m1/s1. The predicted molar refractivity (Wildman–Crippen MR) is 120 cm³/mol. The molecule has 0 spiro atoms. The van der Waals surface area contributed by atoms with Gasteiger partial charge in [0.05, 0.1) is 10.6 Å². The number of rotatable bonds is 8. The summed E-state index contributed by atoms with van der Waals surface area (Å²) >= 11 is 5.99. The molecule has 0 saturated carbocycles. The van der Waals surface area contributed by atoms with Crippen molar-refractivity contribution in [2.45, 2.75) is 31.1 Å². The van der Waals surface area contributed by atoms with E-state index in [1.165, 1.54) is 31.3 Å². The van der Waals surface area contributed by atoms with Crippen LogP contribution >= 0.6 is 11.6 Å². The molecule has 0 aliphatic carbocycles. The summed E-state index contributed by atoms with van der Waals surface area (Å²) in [7, 11) is 1.53. The minimum absolute atomic E-state index is 0.0509. The fraction of sp³-hybridized carbons (Fsp3) is 0.240. The second-order valence-corrected chi connectivity index (χ2v) is 7.99. The molecule has 0 saturated heterocycles. The minimum Gasteiger partial charge on any atom is -0.358 e. The molecule has 174 valence electrons. The molecular formula is C25H23ClF4N2O. The van der Waals surface area contributed by atoms with Crippen molar-refractivity contribution >= 4 is 17.5 Å². The third-order valence-corrected chi connectivity index (χ3v) is 5.65. The normalized spacial score (nSPS) is 13.4. The topological polar surface area (TPSA) is 41.1 Å². The van der Waals surface area contributed by atoms with Crippen molar-refractivity contribution in [3.63, 3.8) is 0 Å². The van der Waals surface area contributed by atoms with Crippen LogP contribution in [0.15, 0.2) is 72.8 Å². The van der Waals surface area contributed by atoms with Crippen LogP contribution in [0.2, 0.25) is 5.02 Å². The third-order valence-electron chi connectivity index (χ3n) is 5.36. The zero-order chi connectivity index (χ0) is 24.0. The van der Waals surface area contributed by atoms with Gasteiger partial charge in [-0.05, 0) is 53.8 Å². The molecule has 3 aromatic rings. The van der Waals surface area contributed by atoms with E-state index in [-0.39, 0.29) is 10.9 Å². The Balaban J connectivity index is 1.87. The Bertz CT molecular complexity index is 1070. The predicted octanol–water partition coefficient (Wildman–Crippen LogP) is 6.25. The van der Waals surface area contributed by atoms with Crippen LogP contribution in [0.3, 0.4) is 0 Å². The lowest BCUT2D eigenvalue weighted by Crippen LogP contribution is -2.38. The highest BCUT2D eigenvalue weighted by Gasteiger charge is 2.30. The molecule has 0 heterocycles. The highest BCUT2D eigenvalue weighted by Crippen LogP contribution is 2.31. The molecule has 8 heteroatoms. The molecule has 0 unspecified atom stereocenters. The molecule has 0 aromatic heterocycles. The van der Waals surface area contributed by atoms with Gasteiger partial charge in [-0.1, -0.05) is 60.1 Å². The molecule has 33 heavy (non-hydrogen) atoms. The molecule has 3 aromatic carbocycles. The lowest BCUT2D eigenvalue weighted by Gasteiger charge is -2.26. The van der Waals surface area contributed by atoms with Crippen LogP contribution in [-0.2, 0) is 17.4 Å². The van der Waals surface area contributed by atoms with Crippen LogP contribution in [0, 0.1) is 5.82 Å². The van der Waals surface area contributed by atoms with E-state index in [1.807, 2.05) is 30.3 Å². The molecule has 3 rings (SSSR count). The zero-order valence-corrected chi connectivity index (χ0v) is 18.6. The van der Waals surface area contributed by atoms with Crippen molar-refractivity contribution in [2.24, 2.45) is 0 Å². The number of amides is 1. The quantitative estimate of drug-likeness (QED) is 0.376. The van der Waals surface area contributed by atoms with Crippen molar-refractivity contribution in [1.82, 2.24) is 10.6 Å². The fourth-order valence-corrected chi connectivity index (χ4v) is 3.75. The third kappa shape index (κ3) is 6.55. The van der Waals surface area contributed by atoms with E-state index in [4.69, 9.17) is 11.6 Å².